The third-order valence-electron chi connectivity index (χ3n) is 8.85. The Bertz CT molecular complexity index is 1550. The second-order valence-corrected chi connectivity index (χ2v) is 12.7. The maximum atomic E-state index is 14.2. The van der Waals surface area contributed by atoms with Crippen molar-refractivity contribution in [3.63, 3.8) is 0 Å². The number of anilines is 1. The molecule has 1 saturated heterocycles. The van der Waals surface area contributed by atoms with Crippen LogP contribution in [0.25, 0.3) is 10.9 Å². The van der Waals surface area contributed by atoms with Crippen molar-refractivity contribution < 1.29 is 43.3 Å². The van der Waals surface area contributed by atoms with Crippen LogP contribution in [-0.4, -0.2) is 89.0 Å². The molecule has 3 heterocycles. The lowest BCUT2D eigenvalue weighted by Gasteiger charge is -2.29. The van der Waals surface area contributed by atoms with E-state index in [0.717, 1.165) is 19.3 Å². The summed E-state index contributed by atoms with van der Waals surface area (Å²) >= 11 is 0. The van der Waals surface area contributed by atoms with Crippen molar-refractivity contribution in [1.82, 2.24) is 20.5 Å². The normalized spacial score (nSPS) is 26.7. The van der Waals surface area contributed by atoms with Gasteiger partial charge in [-0.3, -0.25) is 14.4 Å². The molecule has 260 valence electrons. The van der Waals surface area contributed by atoms with E-state index in [4.69, 9.17) is 19.0 Å². The molecule has 1 saturated carbocycles. The average Bonchev–Trinajstić information content (AvgIpc) is 3.58. The maximum Gasteiger partial charge on any atom is 0.408 e. The van der Waals surface area contributed by atoms with Crippen LogP contribution in [-0.2, 0) is 24.0 Å². The number of alkyl carbamates (subject to hydrolysis) is 1. The number of fused-ring (bicyclic) bond motifs is 3. The van der Waals surface area contributed by atoms with Gasteiger partial charge in [0.1, 0.15) is 35.2 Å². The minimum Gasteiger partial charge on any atom is -0.497 e. The number of allylic oxidation sites excluding steroid dienone is 1. The molecule has 2 aliphatic heterocycles. The number of amides is 3. The van der Waals surface area contributed by atoms with Crippen LogP contribution in [0.4, 0.5) is 10.6 Å². The first-order valence-electron chi connectivity index (χ1n) is 16.6. The number of ether oxygens (including phenoxy) is 3. The van der Waals surface area contributed by atoms with Gasteiger partial charge in [-0.1, -0.05) is 25.0 Å². The molecule has 2 aromatic rings. The molecule has 14 nitrogen and oxygen atoms in total. The maximum absolute atomic E-state index is 14.2. The lowest BCUT2D eigenvalue weighted by atomic mass is 10.0. The van der Waals surface area contributed by atoms with Crippen molar-refractivity contribution in [2.45, 2.75) is 95.5 Å². The lowest BCUT2D eigenvalue weighted by molar-refractivity contribution is -0.145. The largest absolute Gasteiger partial charge is 0.497 e. The lowest BCUT2D eigenvalue weighted by Crippen LogP contribution is -2.56. The molecule has 5 atom stereocenters. The number of carboxylic acid groups (broad SMARTS) is 1. The van der Waals surface area contributed by atoms with Gasteiger partial charge in [0.25, 0.3) is 0 Å². The predicted molar refractivity (Wildman–Crippen MR) is 175 cm³/mol. The van der Waals surface area contributed by atoms with Crippen LogP contribution in [0.5, 0.6) is 11.5 Å². The summed E-state index contributed by atoms with van der Waals surface area (Å²) in [6, 6.07) is 5.02. The number of aromatic nitrogens is 1. The molecular weight excluding hydrogens is 622 g/mol. The van der Waals surface area contributed by atoms with Crippen molar-refractivity contribution in [3.05, 3.63) is 36.4 Å². The second kappa shape index (κ2) is 15.1. The van der Waals surface area contributed by atoms with Gasteiger partial charge in [-0.25, -0.2) is 20.1 Å². The molecule has 4 N–H and O–H groups in total. The Kier molecular flexibility index (Phi) is 10.9. The van der Waals surface area contributed by atoms with Crippen LogP contribution in [0.3, 0.4) is 0 Å². The number of nitrogens with zero attached hydrogens (tertiary/aromatic N) is 2. The van der Waals surface area contributed by atoms with Crippen molar-refractivity contribution in [2.24, 2.45) is 5.92 Å². The van der Waals surface area contributed by atoms with Crippen LogP contribution in [0.1, 0.15) is 65.7 Å². The van der Waals surface area contributed by atoms with Gasteiger partial charge in [0.15, 0.2) is 5.82 Å². The van der Waals surface area contributed by atoms with E-state index in [1.165, 1.54) is 4.90 Å². The van der Waals surface area contributed by atoms with E-state index in [9.17, 15) is 24.3 Å². The molecule has 48 heavy (non-hydrogen) atoms. The van der Waals surface area contributed by atoms with E-state index in [1.54, 1.807) is 39.2 Å². The zero-order chi connectivity index (χ0) is 34.4. The summed E-state index contributed by atoms with van der Waals surface area (Å²) in [5, 5.41) is 16.3. The van der Waals surface area contributed by atoms with Crippen molar-refractivity contribution in [1.29, 1.82) is 0 Å². The number of carbonyl (C=O) groups is 4. The highest BCUT2D eigenvalue weighted by Crippen LogP contribution is 2.45. The van der Waals surface area contributed by atoms with Crippen LogP contribution in [0.2, 0.25) is 0 Å². The minimum absolute atomic E-state index is 0.0198. The van der Waals surface area contributed by atoms with Gasteiger partial charge in [0, 0.05) is 29.9 Å². The van der Waals surface area contributed by atoms with Crippen LogP contribution in [0, 0.1) is 5.92 Å². The number of carboxylic acids is 1. The Balaban J connectivity index is 1.47. The monoisotopic (exact) mass is 667 g/mol. The van der Waals surface area contributed by atoms with Gasteiger partial charge < -0.3 is 34.9 Å². The van der Waals surface area contributed by atoms with E-state index in [2.05, 4.69) is 21.1 Å². The predicted octanol–water partition coefficient (Wildman–Crippen LogP) is 3.94. The van der Waals surface area contributed by atoms with Crippen LogP contribution >= 0.6 is 0 Å². The molecule has 0 spiro atoms. The second-order valence-electron chi connectivity index (χ2n) is 12.7. The smallest absolute Gasteiger partial charge is 0.408 e. The molecule has 1 aromatic carbocycles. The fraction of sp³-hybridized carbons (Fsp3) is 0.559. The molecule has 3 amide bonds. The summed E-state index contributed by atoms with van der Waals surface area (Å²) in [6.07, 6.45) is 5.77. The van der Waals surface area contributed by atoms with Crippen molar-refractivity contribution in [2.75, 3.05) is 25.7 Å². The van der Waals surface area contributed by atoms with E-state index in [0.29, 0.717) is 47.7 Å². The first-order valence-corrected chi connectivity index (χ1v) is 16.6. The third-order valence-corrected chi connectivity index (χ3v) is 8.85. The number of rotatable bonds is 9. The first-order chi connectivity index (χ1) is 23.0. The number of hydrogen-bond donors (Lipinski definition) is 4. The van der Waals surface area contributed by atoms with Gasteiger partial charge in [-0.15, -0.1) is 0 Å². The molecule has 2 fully saturated rings. The number of nitrogens with one attached hydrogen (secondary N) is 3. The Labute approximate surface area is 279 Å². The van der Waals surface area contributed by atoms with E-state index in [1.807, 2.05) is 25.1 Å². The number of pyridine rings is 1. The van der Waals surface area contributed by atoms with Gasteiger partial charge in [-0.2, -0.15) is 0 Å². The fourth-order valence-electron chi connectivity index (χ4n) is 6.32. The summed E-state index contributed by atoms with van der Waals surface area (Å²) in [6.45, 7) is 5.66. The Morgan fingerprint density at radius 1 is 1.19 bits per heavy atom. The number of carbonyl (C=O) groups excluding carboxylic acids is 3. The van der Waals surface area contributed by atoms with E-state index >= 15 is 0 Å². The number of aliphatic carboxylic acids is 1. The molecule has 5 rings (SSSR count). The minimum atomic E-state index is -1.44. The molecule has 3 aliphatic rings. The highest BCUT2D eigenvalue weighted by atomic mass is 16.6. The summed E-state index contributed by atoms with van der Waals surface area (Å²) in [4.78, 5) is 64.6. The number of hydrogen-bond acceptors (Lipinski definition) is 10. The van der Waals surface area contributed by atoms with Crippen molar-refractivity contribution in [3.8, 4) is 11.5 Å². The Morgan fingerprint density at radius 3 is 2.73 bits per heavy atom. The first kappa shape index (κ1) is 34.7. The topological polar surface area (TPSA) is 178 Å². The molecule has 1 aromatic heterocycles. The molecule has 0 bridgehead atoms. The number of methoxy groups -OCH3 is 1. The molecule has 0 radical (unpaired) electrons. The highest BCUT2D eigenvalue weighted by molar-refractivity contribution is 5.96. The summed E-state index contributed by atoms with van der Waals surface area (Å²) in [7, 11) is 1.56. The summed E-state index contributed by atoms with van der Waals surface area (Å²) < 4.78 is 17.2. The average molecular weight is 668 g/mol. The summed E-state index contributed by atoms with van der Waals surface area (Å²) in [5.74, 6) is -1.10. The Hall–Kier alpha value is -4.59. The van der Waals surface area contributed by atoms with Gasteiger partial charge >= 0.3 is 12.1 Å². The summed E-state index contributed by atoms with van der Waals surface area (Å²) in [5.41, 5.74) is 1.92. The Morgan fingerprint density at radius 2 is 2.00 bits per heavy atom. The fourth-order valence-corrected chi connectivity index (χ4v) is 6.32. The molecule has 2 unspecified atom stereocenters. The number of benzene rings is 1. The van der Waals surface area contributed by atoms with Gasteiger partial charge in [-0.05, 0) is 58.6 Å². The third kappa shape index (κ3) is 7.92. The standard InChI is InChI=1S/C34H45N5O9/c1-5-46-38-29-17-28(24-14-13-22(45-4)15-26(24)35-29)48-23-16-27-30(40)37-34(32(42)43)18-21(34)11-9-7-6-8-10-12-25(31(41)39(27)19-23)36-33(44)47-20(2)3/h9,11,13-15,17,20-21,23,25,27H,5-8,10,12,16,18-19H2,1-4H3,(H,35,38)(H,36,44)(H,37,40)(H,42,43)/b11-9-/t21?,23-,25+,27+,34?/m1/s1. The van der Waals surface area contributed by atoms with Crippen LogP contribution < -0.4 is 25.6 Å². The zero-order valence-corrected chi connectivity index (χ0v) is 27.8. The van der Waals surface area contributed by atoms with Gasteiger partial charge in [0.2, 0.25) is 11.8 Å². The molecular formula is C34H45N5O9. The van der Waals surface area contributed by atoms with Crippen molar-refractivity contribution >= 4 is 40.6 Å². The SMILES string of the molecule is CCONc1cc(O[C@@H]2C[C@H]3C(=O)NC4(C(=O)O)CC4/C=C\CCCCC[C@H](NC(=O)OC(C)C)C(=O)N3C2)c2ccc(OC)cc2n1. The van der Waals surface area contributed by atoms with E-state index in [-0.39, 0.29) is 25.3 Å². The highest BCUT2D eigenvalue weighted by Gasteiger charge is 2.61. The quantitative estimate of drug-likeness (QED) is 0.225. The van der Waals surface area contributed by atoms with E-state index < -0.39 is 53.7 Å². The van der Waals surface area contributed by atoms with Gasteiger partial charge in [0.05, 0.1) is 31.9 Å². The van der Waals surface area contributed by atoms with Crippen LogP contribution in [0.15, 0.2) is 36.4 Å². The molecule has 14 heteroatoms. The zero-order valence-electron chi connectivity index (χ0n) is 27.8. The molecule has 1 aliphatic carbocycles.